The van der Waals surface area contributed by atoms with Crippen molar-refractivity contribution in [2.45, 2.75) is 53.4 Å². The van der Waals surface area contributed by atoms with E-state index in [4.69, 9.17) is 20.1 Å². The van der Waals surface area contributed by atoms with Crippen LogP contribution in [0.15, 0.2) is 0 Å². The number of aliphatic hydroxyl groups is 2. The van der Waals surface area contributed by atoms with Crippen molar-refractivity contribution in [3.63, 3.8) is 0 Å². The van der Waals surface area contributed by atoms with E-state index < -0.39 is 5.97 Å². The fourth-order valence-corrected chi connectivity index (χ4v) is 0.518. The second-order valence-electron chi connectivity index (χ2n) is 3.29. The van der Waals surface area contributed by atoms with Gasteiger partial charge < -0.3 is 20.1 Å². The average molecular weight is 282 g/mol. The van der Waals surface area contributed by atoms with E-state index in [0.717, 1.165) is 39.7 Å². The molecule has 0 heterocycles. The lowest BCUT2D eigenvalue weighted by Gasteiger charge is -1.96. The highest BCUT2D eigenvalue weighted by molar-refractivity contribution is 5.65. The molecule has 0 atom stereocenters. The number of carboxylic acid groups (broad SMARTS) is 1. The second kappa shape index (κ2) is 30.2. The lowest BCUT2D eigenvalue weighted by atomic mass is 10.4. The summed E-state index contributed by atoms with van der Waals surface area (Å²) in [5.74, 6) is -1.02. The minimum Gasteiger partial charge on any atom is -0.481 e. The van der Waals surface area contributed by atoms with E-state index in [1.54, 1.807) is 0 Å². The number of carbonyl (C=O) groups is 2. The molecule has 0 fully saturated rings. The Hall–Kier alpha value is -1.14. The van der Waals surface area contributed by atoms with Gasteiger partial charge in [-0.3, -0.25) is 9.59 Å². The third kappa shape index (κ3) is 108. The van der Waals surface area contributed by atoms with E-state index in [0.29, 0.717) is 13.2 Å². The summed E-state index contributed by atoms with van der Waals surface area (Å²) in [6, 6.07) is 0. The summed E-state index contributed by atoms with van der Waals surface area (Å²) < 4.78 is 4.64. The molecule has 0 radical (unpaired) electrons. The Morgan fingerprint density at radius 1 is 1.00 bits per heavy atom. The van der Waals surface area contributed by atoms with Gasteiger partial charge in [0.2, 0.25) is 0 Å². The normalized spacial score (nSPS) is 7.53. The SMILES string of the molecule is CC(=O)O.CCCCO.CCCCOC(C)=O.CO. The molecule has 0 saturated carbocycles. The van der Waals surface area contributed by atoms with Crippen molar-refractivity contribution in [1.82, 2.24) is 0 Å². The second-order valence-corrected chi connectivity index (χ2v) is 3.29. The number of unbranched alkanes of at least 4 members (excludes halogenated alkanes) is 2. The Bertz CT molecular complexity index is 165. The van der Waals surface area contributed by atoms with Crippen molar-refractivity contribution in [1.29, 1.82) is 0 Å². The number of carbonyl (C=O) groups excluding carboxylic acids is 1. The van der Waals surface area contributed by atoms with Gasteiger partial charge in [0.25, 0.3) is 5.97 Å². The maximum absolute atomic E-state index is 10.1. The van der Waals surface area contributed by atoms with Crippen LogP contribution in [0.5, 0.6) is 0 Å². The number of aliphatic carboxylic acids is 1. The number of hydrogen-bond acceptors (Lipinski definition) is 5. The van der Waals surface area contributed by atoms with E-state index >= 15 is 0 Å². The van der Waals surface area contributed by atoms with Crippen molar-refractivity contribution in [2.24, 2.45) is 0 Å². The zero-order valence-electron chi connectivity index (χ0n) is 12.8. The topological polar surface area (TPSA) is 104 Å². The van der Waals surface area contributed by atoms with Crippen LogP contribution in [0.4, 0.5) is 0 Å². The molecule has 0 aliphatic carbocycles. The van der Waals surface area contributed by atoms with Gasteiger partial charge in [-0.15, -0.1) is 0 Å². The molecule has 0 aliphatic rings. The Kier molecular flexibility index (Phi) is 41.9. The fourth-order valence-electron chi connectivity index (χ4n) is 0.518. The first-order valence-corrected chi connectivity index (χ1v) is 6.30. The summed E-state index contributed by atoms with van der Waals surface area (Å²) in [4.78, 5) is 19.1. The molecular weight excluding hydrogens is 252 g/mol. The van der Waals surface area contributed by atoms with Gasteiger partial charge in [0.15, 0.2) is 0 Å². The van der Waals surface area contributed by atoms with Gasteiger partial charge >= 0.3 is 5.97 Å². The maximum atomic E-state index is 10.1. The first-order chi connectivity index (χ1) is 8.92. The molecule has 3 N–H and O–H groups in total. The molecule has 0 unspecified atom stereocenters. The first kappa shape index (κ1) is 26.4. The van der Waals surface area contributed by atoms with Crippen LogP contribution < -0.4 is 0 Å². The van der Waals surface area contributed by atoms with Crippen molar-refractivity contribution in [2.75, 3.05) is 20.3 Å². The largest absolute Gasteiger partial charge is 0.481 e. The van der Waals surface area contributed by atoms with Gasteiger partial charge in [-0.1, -0.05) is 26.7 Å². The number of esters is 1. The maximum Gasteiger partial charge on any atom is 0.302 e. The van der Waals surface area contributed by atoms with E-state index in [1.807, 2.05) is 0 Å². The smallest absolute Gasteiger partial charge is 0.302 e. The number of hydrogen-bond donors (Lipinski definition) is 3. The molecule has 0 aromatic rings. The molecule has 0 bridgehead atoms. The number of rotatable bonds is 5. The quantitative estimate of drug-likeness (QED) is 0.525. The molecular formula is C13H30O6. The van der Waals surface area contributed by atoms with Gasteiger partial charge in [-0.25, -0.2) is 0 Å². The van der Waals surface area contributed by atoms with Crippen LogP contribution in [-0.4, -0.2) is 47.6 Å². The zero-order chi connectivity index (χ0) is 16.1. The lowest BCUT2D eigenvalue weighted by Crippen LogP contribution is -1.99. The molecule has 19 heavy (non-hydrogen) atoms. The monoisotopic (exact) mass is 282 g/mol. The molecule has 0 saturated heterocycles. The van der Waals surface area contributed by atoms with Crippen molar-refractivity contribution >= 4 is 11.9 Å². The summed E-state index contributed by atoms with van der Waals surface area (Å²) in [5.41, 5.74) is 0. The lowest BCUT2D eigenvalue weighted by molar-refractivity contribution is -0.141. The van der Waals surface area contributed by atoms with E-state index in [-0.39, 0.29) is 5.97 Å². The summed E-state index contributed by atoms with van der Waals surface area (Å²) in [5, 5.41) is 22.5. The van der Waals surface area contributed by atoms with E-state index in [1.165, 1.54) is 6.92 Å². The number of ether oxygens (including phenoxy) is 1. The molecule has 0 aromatic carbocycles. The van der Waals surface area contributed by atoms with Crippen LogP contribution in [0.1, 0.15) is 53.4 Å². The molecule has 6 nitrogen and oxygen atoms in total. The van der Waals surface area contributed by atoms with Crippen LogP contribution in [0, 0.1) is 0 Å². The van der Waals surface area contributed by atoms with Gasteiger partial charge in [-0.05, 0) is 12.8 Å². The highest BCUT2D eigenvalue weighted by Gasteiger charge is 1.88. The van der Waals surface area contributed by atoms with Crippen LogP contribution in [0.3, 0.4) is 0 Å². The Balaban J connectivity index is -0.0000000886. The summed E-state index contributed by atoms with van der Waals surface area (Å²) in [7, 11) is 1.00. The third-order valence-corrected chi connectivity index (χ3v) is 1.31. The molecule has 118 valence electrons. The predicted molar refractivity (Wildman–Crippen MR) is 75.0 cm³/mol. The van der Waals surface area contributed by atoms with Crippen LogP contribution >= 0.6 is 0 Å². The Labute approximate surface area is 116 Å². The predicted octanol–water partition coefficient (Wildman–Crippen LogP) is 1.83. The minimum absolute atomic E-state index is 0.182. The highest BCUT2D eigenvalue weighted by Crippen LogP contribution is 1.86. The Morgan fingerprint density at radius 2 is 1.37 bits per heavy atom. The van der Waals surface area contributed by atoms with Gasteiger partial charge in [0.1, 0.15) is 0 Å². The van der Waals surface area contributed by atoms with Crippen molar-refractivity contribution in [3.8, 4) is 0 Å². The van der Waals surface area contributed by atoms with E-state index in [2.05, 4.69) is 18.6 Å². The fraction of sp³-hybridized carbons (Fsp3) is 0.846. The minimum atomic E-state index is -0.833. The Morgan fingerprint density at radius 3 is 1.53 bits per heavy atom. The third-order valence-electron chi connectivity index (χ3n) is 1.31. The van der Waals surface area contributed by atoms with Crippen molar-refractivity contribution < 1.29 is 29.6 Å². The average Bonchev–Trinajstić information content (AvgIpc) is 2.33. The van der Waals surface area contributed by atoms with Crippen LogP contribution in [0.2, 0.25) is 0 Å². The molecule has 0 spiro atoms. The van der Waals surface area contributed by atoms with Crippen LogP contribution in [0.25, 0.3) is 0 Å². The molecule has 0 amide bonds. The summed E-state index contributed by atoms with van der Waals surface area (Å²) in [6.45, 7) is 7.54. The molecule has 0 aliphatic heterocycles. The van der Waals surface area contributed by atoms with E-state index in [9.17, 15) is 4.79 Å². The summed E-state index contributed by atoms with van der Waals surface area (Å²) >= 11 is 0. The number of carboxylic acids is 1. The highest BCUT2D eigenvalue weighted by atomic mass is 16.5. The van der Waals surface area contributed by atoms with Crippen molar-refractivity contribution in [3.05, 3.63) is 0 Å². The van der Waals surface area contributed by atoms with Gasteiger partial charge in [0.05, 0.1) is 6.61 Å². The first-order valence-electron chi connectivity index (χ1n) is 6.30. The molecule has 0 aromatic heterocycles. The molecule has 0 rings (SSSR count). The standard InChI is InChI=1S/C6H12O2.C4H10O.C2H4O2.CH4O/c1-3-4-5-8-6(2)7;1-2-3-4-5;1-2(3)4;1-2/h3-5H2,1-2H3;5H,2-4H2,1H3;1H3,(H,3,4);2H,1H3. The van der Waals surface area contributed by atoms with Crippen LogP contribution in [-0.2, 0) is 14.3 Å². The molecule has 6 heteroatoms. The number of aliphatic hydroxyl groups excluding tert-OH is 2. The summed E-state index contributed by atoms with van der Waals surface area (Å²) in [6.07, 6.45) is 4.09. The van der Waals surface area contributed by atoms with Gasteiger partial charge in [0, 0.05) is 27.6 Å². The zero-order valence-corrected chi connectivity index (χ0v) is 12.8. The van der Waals surface area contributed by atoms with Gasteiger partial charge in [-0.2, -0.15) is 0 Å².